The van der Waals surface area contributed by atoms with Crippen molar-refractivity contribution in [3.05, 3.63) is 42.0 Å². The minimum Gasteiger partial charge on any atom is -0.496 e. The molecule has 2 saturated heterocycles. The van der Waals surface area contributed by atoms with E-state index in [1.807, 2.05) is 41.3 Å². The zero-order valence-electron chi connectivity index (χ0n) is 17.4. The van der Waals surface area contributed by atoms with Crippen molar-refractivity contribution in [2.75, 3.05) is 33.3 Å². The first-order valence-electron chi connectivity index (χ1n) is 10.5. The van der Waals surface area contributed by atoms with Crippen LogP contribution in [0.1, 0.15) is 36.0 Å². The summed E-state index contributed by atoms with van der Waals surface area (Å²) in [6.07, 6.45) is 3.96. The van der Waals surface area contributed by atoms with Crippen LogP contribution in [0.2, 0.25) is 0 Å². The fourth-order valence-electron chi connectivity index (χ4n) is 4.50. The molecule has 2 N–H and O–H groups in total. The molecule has 4 rings (SSSR count). The summed E-state index contributed by atoms with van der Waals surface area (Å²) in [5, 5.41) is 8.18. The van der Waals surface area contributed by atoms with Crippen LogP contribution in [-0.4, -0.2) is 56.0 Å². The maximum Gasteiger partial charge on any atom is 0.254 e. The lowest BCUT2D eigenvalue weighted by atomic mass is 9.96. The van der Waals surface area contributed by atoms with E-state index in [9.17, 15) is 9.59 Å². The summed E-state index contributed by atoms with van der Waals surface area (Å²) in [5.74, 6) is 1.21. The van der Waals surface area contributed by atoms with Gasteiger partial charge in [0.1, 0.15) is 5.75 Å². The molecule has 2 aromatic rings. The lowest BCUT2D eigenvalue weighted by Gasteiger charge is -2.33. The molecule has 30 heavy (non-hydrogen) atoms. The van der Waals surface area contributed by atoms with Crippen LogP contribution in [0.4, 0.5) is 0 Å². The number of halogens is 1. The predicted octanol–water partition coefficient (Wildman–Crippen LogP) is 2.99. The van der Waals surface area contributed by atoms with Crippen molar-refractivity contribution in [3.63, 3.8) is 0 Å². The predicted molar refractivity (Wildman–Crippen MR) is 120 cm³/mol. The highest BCUT2D eigenvalue weighted by atomic mass is 35.5. The second-order valence-corrected chi connectivity index (χ2v) is 8.01. The average molecular weight is 432 g/mol. The topological polar surface area (TPSA) is 70.7 Å². The van der Waals surface area contributed by atoms with Gasteiger partial charge in [-0.25, -0.2) is 0 Å². The molecule has 2 amide bonds. The Morgan fingerprint density at radius 3 is 2.67 bits per heavy atom. The van der Waals surface area contributed by atoms with Crippen molar-refractivity contribution in [2.45, 2.75) is 31.7 Å². The average Bonchev–Trinajstić information content (AvgIpc) is 3.31. The normalized spacial score (nSPS) is 21.2. The number of likely N-dealkylation sites (tertiary alicyclic amines) is 1. The summed E-state index contributed by atoms with van der Waals surface area (Å²) < 4.78 is 5.45. The number of amides is 2. The van der Waals surface area contributed by atoms with Gasteiger partial charge in [0.2, 0.25) is 5.91 Å². The smallest absolute Gasteiger partial charge is 0.254 e. The van der Waals surface area contributed by atoms with Crippen LogP contribution < -0.4 is 15.4 Å². The largest absolute Gasteiger partial charge is 0.496 e. The number of hydrogen-bond acceptors (Lipinski definition) is 4. The Labute approximate surface area is 183 Å². The molecule has 6 nitrogen and oxygen atoms in total. The van der Waals surface area contributed by atoms with Crippen LogP contribution >= 0.6 is 12.4 Å². The zero-order chi connectivity index (χ0) is 20.2. The van der Waals surface area contributed by atoms with Crippen molar-refractivity contribution in [1.82, 2.24) is 15.5 Å². The Morgan fingerprint density at radius 1 is 1.13 bits per heavy atom. The Bertz CT molecular complexity index is 898. The van der Waals surface area contributed by atoms with Gasteiger partial charge in [-0.15, -0.1) is 12.4 Å². The number of carbonyl (C=O) groups excluding carboxylic acids is 2. The van der Waals surface area contributed by atoms with Gasteiger partial charge in [0.25, 0.3) is 5.91 Å². The Kier molecular flexibility index (Phi) is 7.56. The highest BCUT2D eigenvalue weighted by Crippen LogP contribution is 2.30. The molecular formula is C23H30ClN3O3. The van der Waals surface area contributed by atoms with E-state index < -0.39 is 0 Å². The zero-order valence-corrected chi connectivity index (χ0v) is 18.2. The molecule has 2 aliphatic rings. The van der Waals surface area contributed by atoms with E-state index in [0.717, 1.165) is 55.3 Å². The van der Waals surface area contributed by atoms with Crippen LogP contribution in [0, 0.1) is 5.92 Å². The molecule has 0 aromatic heterocycles. The van der Waals surface area contributed by atoms with Crippen molar-refractivity contribution >= 4 is 35.0 Å². The first kappa shape index (κ1) is 22.4. The molecule has 0 saturated carbocycles. The number of methoxy groups -OCH3 is 1. The number of nitrogens with one attached hydrogen (secondary N) is 2. The number of ether oxygens (including phenoxy) is 1. The maximum absolute atomic E-state index is 13.3. The van der Waals surface area contributed by atoms with Crippen LogP contribution in [0.25, 0.3) is 10.8 Å². The molecule has 0 radical (unpaired) electrons. The van der Waals surface area contributed by atoms with E-state index in [0.29, 0.717) is 24.6 Å². The molecule has 2 atom stereocenters. The highest BCUT2D eigenvalue weighted by Gasteiger charge is 2.27. The third kappa shape index (κ3) is 4.71. The molecule has 2 fully saturated rings. The van der Waals surface area contributed by atoms with Crippen molar-refractivity contribution < 1.29 is 14.3 Å². The van der Waals surface area contributed by atoms with Gasteiger partial charge >= 0.3 is 0 Å². The van der Waals surface area contributed by atoms with Gasteiger partial charge in [-0.1, -0.05) is 24.3 Å². The van der Waals surface area contributed by atoms with Crippen molar-refractivity contribution in [2.24, 2.45) is 5.92 Å². The van der Waals surface area contributed by atoms with Crippen molar-refractivity contribution in [1.29, 1.82) is 0 Å². The van der Waals surface area contributed by atoms with Crippen LogP contribution in [0.15, 0.2) is 36.4 Å². The van der Waals surface area contributed by atoms with Crippen LogP contribution in [0.3, 0.4) is 0 Å². The molecule has 2 heterocycles. The Balaban J connectivity index is 0.00000256. The number of nitrogens with zero attached hydrogens (tertiary/aromatic N) is 1. The van der Waals surface area contributed by atoms with E-state index in [1.54, 1.807) is 7.11 Å². The summed E-state index contributed by atoms with van der Waals surface area (Å²) in [4.78, 5) is 27.5. The third-order valence-corrected chi connectivity index (χ3v) is 6.08. The summed E-state index contributed by atoms with van der Waals surface area (Å²) in [6, 6.07) is 11.5. The van der Waals surface area contributed by atoms with Gasteiger partial charge in [0.15, 0.2) is 0 Å². The number of carbonyl (C=O) groups is 2. The molecule has 0 spiro atoms. The van der Waals surface area contributed by atoms with Crippen LogP contribution in [-0.2, 0) is 4.79 Å². The number of hydrogen-bond donors (Lipinski definition) is 2. The minimum absolute atomic E-state index is 0. The maximum atomic E-state index is 13.3. The molecule has 0 bridgehead atoms. The molecule has 7 heteroatoms. The highest BCUT2D eigenvalue weighted by molar-refractivity contribution is 6.08. The van der Waals surface area contributed by atoms with E-state index in [2.05, 4.69) is 10.6 Å². The first-order valence-corrected chi connectivity index (χ1v) is 10.5. The summed E-state index contributed by atoms with van der Waals surface area (Å²) in [5.41, 5.74) is 0.709. The Hall–Kier alpha value is -2.31. The summed E-state index contributed by atoms with van der Waals surface area (Å²) in [7, 11) is 1.65. The number of piperidine rings is 1. The first-order chi connectivity index (χ1) is 14.2. The monoisotopic (exact) mass is 431 g/mol. The van der Waals surface area contributed by atoms with E-state index in [4.69, 9.17) is 4.74 Å². The minimum atomic E-state index is -0.0537. The number of benzene rings is 2. The third-order valence-electron chi connectivity index (χ3n) is 6.08. The van der Waals surface area contributed by atoms with Gasteiger partial charge in [-0.2, -0.15) is 0 Å². The fraction of sp³-hybridized carbons (Fsp3) is 0.478. The van der Waals surface area contributed by atoms with E-state index in [1.165, 1.54) is 0 Å². The summed E-state index contributed by atoms with van der Waals surface area (Å²) in [6.45, 7) is 2.98. The lowest BCUT2D eigenvalue weighted by Crippen LogP contribution is -2.46. The second-order valence-electron chi connectivity index (χ2n) is 8.01. The molecular weight excluding hydrogens is 402 g/mol. The molecule has 162 valence electrons. The Morgan fingerprint density at radius 2 is 1.93 bits per heavy atom. The fourth-order valence-corrected chi connectivity index (χ4v) is 4.50. The number of fused-ring (bicyclic) bond motifs is 1. The molecule has 2 unspecified atom stereocenters. The summed E-state index contributed by atoms with van der Waals surface area (Å²) >= 11 is 0. The van der Waals surface area contributed by atoms with Gasteiger partial charge in [-0.05, 0) is 55.7 Å². The number of rotatable bonds is 5. The standard InChI is InChI=1S/C23H29N3O3.ClH/c1-29-21-11-10-19(17-7-2-3-8-18(17)21)23(28)26-13-5-6-16(15-26)14-25-22(27)20-9-4-12-24-20;/h2-3,7-8,10-11,16,20,24H,4-6,9,12-15H2,1H3,(H,25,27);1H. The lowest BCUT2D eigenvalue weighted by molar-refractivity contribution is -0.123. The van der Waals surface area contributed by atoms with Crippen molar-refractivity contribution in [3.8, 4) is 5.75 Å². The second kappa shape index (κ2) is 10.1. The van der Waals surface area contributed by atoms with Crippen LogP contribution in [0.5, 0.6) is 5.75 Å². The quantitative estimate of drug-likeness (QED) is 0.763. The molecule has 2 aliphatic heterocycles. The van der Waals surface area contributed by atoms with Gasteiger partial charge in [-0.3, -0.25) is 9.59 Å². The SMILES string of the molecule is COc1ccc(C(=O)N2CCCC(CNC(=O)C3CCCN3)C2)c2ccccc12.Cl. The van der Waals surface area contributed by atoms with E-state index in [-0.39, 0.29) is 30.3 Å². The van der Waals surface area contributed by atoms with E-state index >= 15 is 0 Å². The molecule has 0 aliphatic carbocycles. The van der Waals surface area contributed by atoms with Gasteiger partial charge < -0.3 is 20.3 Å². The van der Waals surface area contributed by atoms with Gasteiger partial charge in [0.05, 0.1) is 13.2 Å². The van der Waals surface area contributed by atoms with Gasteiger partial charge in [0, 0.05) is 30.6 Å². The molecule has 2 aromatic carbocycles.